The molecule has 0 unspecified atom stereocenters. The number of nitrogens with zero attached hydrogens (tertiary/aromatic N) is 1. The summed E-state index contributed by atoms with van der Waals surface area (Å²) in [6.07, 6.45) is 10.5. The van der Waals surface area contributed by atoms with E-state index >= 15 is 0 Å². The van der Waals surface area contributed by atoms with Gasteiger partial charge in [0, 0.05) is 6.42 Å². The Labute approximate surface area is 126 Å². The lowest BCUT2D eigenvalue weighted by Gasteiger charge is -2.16. The molecule has 0 aliphatic heterocycles. The predicted molar refractivity (Wildman–Crippen MR) is 81.3 cm³/mol. The van der Waals surface area contributed by atoms with Gasteiger partial charge < -0.3 is 4.42 Å². The maximum absolute atomic E-state index is 10.9. The van der Waals surface area contributed by atoms with Crippen molar-refractivity contribution >= 4 is 16.2 Å². The molecule has 1 aromatic rings. The highest BCUT2D eigenvalue weighted by Gasteiger charge is 2.25. The van der Waals surface area contributed by atoms with E-state index in [9.17, 15) is 8.42 Å². The maximum Gasteiger partial charge on any atom is 0.264 e. The van der Waals surface area contributed by atoms with Crippen molar-refractivity contribution in [3.63, 3.8) is 0 Å². The van der Waals surface area contributed by atoms with Gasteiger partial charge in [-0.3, -0.25) is 4.18 Å². The third-order valence-corrected chi connectivity index (χ3v) is 4.51. The molecule has 2 rings (SSSR count). The van der Waals surface area contributed by atoms with E-state index in [2.05, 4.69) is 18.0 Å². The van der Waals surface area contributed by atoms with Crippen molar-refractivity contribution in [1.82, 2.24) is 4.98 Å². The molecule has 21 heavy (non-hydrogen) atoms. The number of aromatic nitrogens is 1. The van der Waals surface area contributed by atoms with Gasteiger partial charge in [-0.15, -0.1) is 0 Å². The van der Waals surface area contributed by atoms with Crippen molar-refractivity contribution in [2.75, 3.05) is 12.9 Å². The topological polar surface area (TPSA) is 69.4 Å². The fraction of sp³-hybridized carbons (Fsp3) is 0.667. The number of hydrogen-bond donors (Lipinski definition) is 0. The van der Waals surface area contributed by atoms with E-state index in [1.54, 1.807) is 0 Å². The summed E-state index contributed by atoms with van der Waals surface area (Å²) in [6.45, 7) is 4.18. The zero-order chi connectivity index (χ0) is 15.5. The highest BCUT2D eigenvalue weighted by Crippen LogP contribution is 2.39. The molecule has 1 fully saturated rings. The third kappa shape index (κ3) is 4.97. The highest BCUT2D eigenvalue weighted by molar-refractivity contribution is 7.85. The Balaban J connectivity index is 1.97. The average molecular weight is 313 g/mol. The van der Waals surface area contributed by atoms with Crippen molar-refractivity contribution in [2.45, 2.75) is 46.0 Å². The lowest BCUT2D eigenvalue weighted by atomic mass is 9.88. The van der Waals surface area contributed by atoms with Crippen LogP contribution >= 0.6 is 0 Å². The average Bonchev–Trinajstić information content (AvgIpc) is 2.94. The second-order valence-electron chi connectivity index (χ2n) is 6.03. The molecule has 0 N–H and O–H groups in total. The van der Waals surface area contributed by atoms with Gasteiger partial charge in [-0.05, 0) is 31.3 Å². The molecule has 5 nitrogen and oxygen atoms in total. The van der Waals surface area contributed by atoms with Crippen molar-refractivity contribution in [2.24, 2.45) is 5.41 Å². The van der Waals surface area contributed by atoms with Gasteiger partial charge in [0.05, 0.1) is 18.6 Å². The van der Waals surface area contributed by atoms with Crippen molar-refractivity contribution < 1.29 is 17.0 Å². The van der Waals surface area contributed by atoms with Crippen LogP contribution in [0.2, 0.25) is 0 Å². The molecule has 6 heteroatoms. The van der Waals surface area contributed by atoms with Crippen LogP contribution in [-0.4, -0.2) is 26.3 Å². The Bertz CT molecular complexity index is 610. The molecule has 0 bridgehead atoms. The molecule has 1 heterocycles. The van der Waals surface area contributed by atoms with E-state index in [0.29, 0.717) is 18.1 Å². The lowest BCUT2D eigenvalue weighted by Crippen LogP contribution is -2.07. The summed E-state index contributed by atoms with van der Waals surface area (Å²) in [5.74, 6) is 1.29. The standard InChI is InChI=1S/C15H23NO4S/c1-12-13(7-11-19-21(3,17)18)16-14(20-12)6-10-15(2)8-4-5-9-15/h6,10H,4-5,7-9,11H2,1-3H3/b10-6+. The summed E-state index contributed by atoms with van der Waals surface area (Å²) in [5, 5.41) is 0. The van der Waals surface area contributed by atoms with Crippen LogP contribution in [0.25, 0.3) is 6.08 Å². The van der Waals surface area contributed by atoms with Crippen LogP contribution in [0, 0.1) is 12.3 Å². The Morgan fingerprint density at radius 1 is 1.38 bits per heavy atom. The van der Waals surface area contributed by atoms with Gasteiger partial charge in [0.1, 0.15) is 5.76 Å². The second kappa shape index (κ2) is 6.32. The molecule has 118 valence electrons. The van der Waals surface area contributed by atoms with Crippen LogP contribution in [0.5, 0.6) is 0 Å². The zero-order valence-electron chi connectivity index (χ0n) is 12.9. The summed E-state index contributed by atoms with van der Waals surface area (Å²) >= 11 is 0. The first-order chi connectivity index (χ1) is 9.77. The summed E-state index contributed by atoms with van der Waals surface area (Å²) in [4.78, 5) is 4.39. The Morgan fingerprint density at radius 2 is 2.05 bits per heavy atom. The van der Waals surface area contributed by atoms with Gasteiger partial charge in [0.2, 0.25) is 5.89 Å². The van der Waals surface area contributed by atoms with Gasteiger partial charge in [0.25, 0.3) is 10.1 Å². The van der Waals surface area contributed by atoms with Crippen LogP contribution in [0.15, 0.2) is 10.5 Å². The Kier molecular flexibility index (Phi) is 4.88. The molecule has 0 aromatic carbocycles. The molecular weight excluding hydrogens is 290 g/mol. The van der Waals surface area contributed by atoms with Crippen molar-refractivity contribution in [3.05, 3.63) is 23.4 Å². The number of aryl methyl sites for hydroxylation is 1. The Hall–Kier alpha value is -1.14. The van der Waals surface area contributed by atoms with Crippen molar-refractivity contribution in [1.29, 1.82) is 0 Å². The van der Waals surface area contributed by atoms with Crippen LogP contribution in [-0.2, 0) is 20.7 Å². The SMILES string of the molecule is Cc1oc(/C=C/C2(C)CCCC2)nc1CCOS(C)(=O)=O. The number of allylic oxidation sites excluding steroid dienone is 1. The van der Waals surface area contributed by atoms with Gasteiger partial charge in [-0.25, -0.2) is 4.98 Å². The molecule has 1 aliphatic rings. The molecular formula is C15H23NO4S. The fourth-order valence-corrected chi connectivity index (χ4v) is 3.05. The summed E-state index contributed by atoms with van der Waals surface area (Å²) in [7, 11) is -3.40. The normalized spacial score (nSPS) is 18.6. The van der Waals surface area contributed by atoms with Crippen molar-refractivity contribution in [3.8, 4) is 0 Å². The molecule has 0 atom stereocenters. The van der Waals surface area contributed by atoms with Gasteiger partial charge in [-0.2, -0.15) is 8.42 Å². The first kappa shape index (κ1) is 16.2. The smallest absolute Gasteiger partial charge is 0.264 e. The monoisotopic (exact) mass is 313 g/mol. The summed E-state index contributed by atoms with van der Waals surface area (Å²) in [5.41, 5.74) is 0.997. The second-order valence-corrected chi connectivity index (χ2v) is 7.67. The largest absolute Gasteiger partial charge is 0.442 e. The summed E-state index contributed by atoms with van der Waals surface area (Å²) in [6, 6.07) is 0. The van der Waals surface area contributed by atoms with Gasteiger partial charge >= 0.3 is 0 Å². The zero-order valence-corrected chi connectivity index (χ0v) is 13.7. The first-order valence-electron chi connectivity index (χ1n) is 7.27. The van der Waals surface area contributed by atoms with Crippen LogP contribution in [0.4, 0.5) is 0 Å². The molecule has 1 saturated carbocycles. The van der Waals surface area contributed by atoms with E-state index in [0.717, 1.165) is 11.9 Å². The number of rotatable bonds is 6. The number of hydrogen-bond acceptors (Lipinski definition) is 5. The third-order valence-electron chi connectivity index (χ3n) is 3.92. The van der Waals surface area contributed by atoms with Crippen LogP contribution in [0.1, 0.15) is 50.0 Å². The molecule has 1 aliphatic carbocycles. The van der Waals surface area contributed by atoms with E-state index < -0.39 is 10.1 Å². The van der Waals surface area contributed by atoms with Crippen LogP contribution < -0.4 is 0 Å². The minimum atomic E-state index is -3.40. The van der Waals surface area contributed by atoms with E-state index in [1.807, 2.05) is 13.0 Å². The highest BCUT2D eigenvalue weighted by atomic mass is 32.2. The molecule has 0 amide bonds. The minimum Gasteiger partial charge on any atom is -0.442 e. The van der Waals surface area contributed by atoms with E-state index in [4.69, 9.17) is 8.60 Å². The quantitative estimate of drug-likeness (QED) is 0.755. The fourth-order valence-electron chi connectivity index (χ4n) is 2.67. The number of oxazole rings is 1. The molecule has 0 spiro atoms. The molecule has 0 radical (unpaired) electrons. The maximum atomic E-state index is 10.9. The first-order valence-corrected chi connectivity index (χ1v) is 9.09. The lowest BCUT2D eigenvalue weighted by molar-refractivity contribution is 0.324. The van der Waals surface area contributed by atoms with E-state index in [1.165, 1.54) is 25.7 Å². The van der Waals surface area contributed by atoms with Crippen LogP contribution in [0.3, 0.4) is 0 Å². The van der Waals surface area contributed by atoms with E-state index in [-0.39, 0.29) is 12.0 Å². The molecule has 0 saturated heterocycles. The minimum absolute atomic E-state index is 0.0904. The van der Waals surface area contributed by atoms with Gasteiger partial charge in [0.15, 0.2) is 0 Å². The predicted octanol–water partition coefficient (Wildman–Crippen LogP) is 3.10. The molecule has 1 aromatic heterocycles. The van der Waals surface area contributed by atoms with Gasteiger partial charge in [-0.1, -0.05) is 25.8 Å². The summed E-state index contributed by atoms with van der Waals surface area (Å²) < 4.78 is 32.2. The Morgan fingerprint density at radius 3 is 2.67 bits per heavy atom.